The highest BCUT2D eigenvalue weighted by Gasteiger charge is 2.21. The van der Waals surface area contributed by atoms with Crippen molar-refractivity contribution in [2.45, 2.75) is 33.2 Å². The number of halogens is 1. The number of hydrogen-bond acceptors (Lipinski definition) is 2. The Hall–Kier alpha value is -1.03. The molecule has 0 saturated heterocycles. The summed E-state index contributed by atoms with van der Waals surface area (Å²) < 4.78 is 6.18. The van der Waals surface area contributed by atoms with Crippen molar-refractivity contribution >= 4 is 21.8 Å². The van der Waals surface area contributed by atoms with Gasteiger partial charge in [-0.1, -0.05) is 22.9 Å². The van der Waals surface area contributed by atoms with Gasteiger partial charge >= 0.3 is 0 Å². The molecule has 0 atom stereocenters. The van der Waals surface area contributed by atoms with Crippen LogP contribution in [0.1, 0.15) is 37.6 Å². The van der Waals surface area contributed by atoms with Gasteiger partial charge in [-0.3, -0.25) is 4.79 Å². The molecule has 0 heterocycles. The summed E-state index contributed by atoms with van der Waals surface area (Å²) in [6.45, 7) is 6.88. The molecule has 0 saturated carbocycles. The number of hydrogen-bond donors (Lipinski definition) is 0. The molecule has 0 spiro atoms. The Morgan fingerprint density at radius 1 is 1.44 bits per heavy atom. The third-order valence-corrected chi connectivity index (χ3v) is 3.24. The normalized spacial score (nSPS) is 10.6. The van der Waals surface area contributed by atoms with Gasteiger partial charge in [-0.15, -0.1) is 0 Å². The highest BCUT2D eigenvalue weighted by Crippen LogP contribution is 2.25. The maximum absolute atomic E-state index is 12.5. The molecule has 0 N–H and O–H groups in total. The van der Waals surface area contributed by atoms with E-state index in [1.165, 1.54) is 0 Å². The van der Waals surface area contributed by atoms with E-state index in [2.05, 4.69) is 22.9 Å². The van der Waals surface area contributed by atoms with Gasteiger partial charge in [0.1, 0.15) is 5.75 Å². The van der Waals surface area contributed by atoms with Crippen LogP contribution in [0.4, 0.5) is 0 Å². The number of nitrogens with zero attached hydrogens (tertiary/aromatic N) is 1. The Morgan fingerprint density at radius 3 is 2.61 bits per heavy atom. The van der Waals surface area contributed by atoms with Crippen LogP contribution in [-0.2, 0) is 0 Å². The van der Waals surface area contributed by atoms with Gasteiger partial charge in [0.05, 0.1) is 12.7 Å². The van der Waals surface area contributed by atoms with Crippen molar-refractivity contribution in [3.63, 3.8) is 0 Å². The number of benzene rings is 1. The summed E-state index contributed by atoms with van der Waals surface area (Å²) >= 11 is 3.38. The van der Waals surface area contributed by atoms with E-state index in [4.69, 9.17) is 4.74 Å². The summed E-state index contributed by atoms with van der Waals surface area (Å²) in [6.07, 6.45) is 0.947. The molecule has 0 radical (unpaired) electrons. The lowest BCUT2D eigenvalue weighted by molar-refractivity contribution is 0.0702. The predicted molar refractivity (Wildman–Crippen MR) is 77.2 cm³/mol. The van der Waals surface area contributed by atoms with Crippen LogP contribution in [0.2, 0.25) is 0 Å². The number of amides is 1. The Kier molecular flexibility index (Phi) is 5.66. The van der Waals surface area contributed by atoms with Gasteiger partial charge in [0, 0.05) is 17.1 Å². The summed E-state index contributed by atoms with van der Waals surface area (Å²) in [4.78, 5) is 14.4. The van der Waals surface area contributed by atoms with Gasteiger partial charge in [0.15, 0.2) is 0 Å². The van der Waals surface area contributed by atoms with Crippen LogP contribution in [0.25, 0.3) is 0 Å². The van der Waals surface area contributed by atoms with Gasteiger partial charge in [0.25, 0.3) is 5.91 Å². The number of carbonyl (C=O) groups excluding carboxylic acids is 1. The lowest BCUT2D eigenvalue weighted by Crippen LogP contribution is -2.37. The maximum Gasteiger partial charge on any atom is 0.257 e. The molecule has 0 fully saturated rings. The molecule has 0 bridgehead atoms. The fourth-order valence-electron chi connectivity index (χ4n) is 1.83. The molecule has 0 aromatic heterocycles. The minimum Gasteiger partial charge on any atom is -0.496 e. The predicted octanol–water partition coefficient (Wildman–Crippen LogP) is 3.72. The Bertz CT molecular complexity index is 418. The van der Waals surface area contributed by atoms with E-state index in [1.54, 1.807) is 13.2 Å². The summed E-state index contributed by atoms with van der Waals surface area (Å²) in [5, 5.41) is 0. The first-order valence-corrected chi connectivity index (χ1v) is 6.95. The van der Waals surface area contributed by atoms with Gasteiger partial charge in [0.2, 0.25) is 0 Å². The fraction of sp³-hybridized carbons (Fsp3) is 0.500. The Labute approximate surface area is 117 Å². The highest BCUT2D eigenvalue weighted by molar-refractivity contribution is 9.10. The first-order chi connectivity index (χ1) is 8.51. The monoisotopic (exact) mass is 313 g/mol. The van der Waals surface area contributed by atoms with Crippen LogP contribution in [-0.4, -0.2) is 30.5 Å². The van der Waals surface area contributed by atoms with Gasteiger partial charge in [-0.25, -0.2) is 0 Å². The van der Waals surface area contributed by atoms with Gasteiger partial charge < -0.3 is 9.64 Å². The number of rotatable bonds is 5. The molecule has 1 aromatic rings. The standard InChI is InChI=1S/C14H20BrNO2/c1-5-8-16(10(2)3)14(17)12-7-6-11(15)9-13(12)18-4/h6-7,9-10H,5,8H2,1-4H3. The first-order valence-electron chi connectivity index (χ1n) is 6.15. The second-order valence-corrected chi connectivity index (χ2v) is 5.35. The van der Waals surface area contributed by atoms with E-state index in [0.717, 1.165) is 17.4 Å². The van der Waals surface area contributed by atoms with E-state index in [-0.39, 0.29) is 11.9 Å². The van der Waals surface area contributed by atoms with Gasteiger partial charge in [-0.2, -0.15) is 0 Å². The fourth-order valence-corrected chi connectivity index (χ4v) is 2.17. The molecule has 0 aliphatic carbocycles. The van der Waals surface area contributed by atoms with Crippen LogP contribution in [0.15, 0.2) is 22.7 Å². The number of carbonyl (C=O) groups is 1. The SMILES string of the molecule is CCCN(C(=O)c1ccc(Br)cc1OC)C(C)C. The van der Waals surface area contributed by atoms with Crippen molar-refractivity contribution in [2.24, 2.45) is 0 Å². The second-order valence-electron chi connectivity index (χ2n) is 4.44. The lowest BCUT2D eigenvalue weighted by atomic mass is 10.1. The summed E-state index contributed by atoms with van der Waals surface area (Å²) in [5.74, 6) is 0.632. The largest absolute Gasteiger partial charge is 0.496 e. The molecule has 100 valence electrons. The summed E-state index contributed by atoms with van der Waals surface area (Å²) in [5.41, 5.74) is 0.614. The molecular formula is C14H20BrNO2. The average Bonchev–Trinajstić information content (AvgIpc) is 2.34. The van der Waals surface area contributed by atoms with E-state index in [0.29, 0.717) is 11.3 Å². The number of methoxy groups -OCH3 is 1. The van der Waals surface area contributed by atoms with Crippen molar-refractivity contribution in [3.05, 3.63) is 28.2 Å². The smallest absolute Gasteiger partial charge is 0.257 e. The minimum atomic E-state index is 0.0243. The maximum atomic E-state index is 12.5. The zero-order valence-electron chi connectivity index (χ0n) is 11.4. The molecule has 18 heavy (non-hydrogen) atoms. The van der Waals surface area contributed by atoms with Crippen LogP contribution in [0.3, 0.4) is 0 Å². The van der Waals surface area contributed by atoms with E-state index < -0.39 is 0 Å². The molecule has 1 amide bonds. The lowest BCUT2D eigenvalue weighted by Gasteiger charge is -2.27. The molecule has 1 rings (SSSR count). The van der Waals surface area contributed by atoms with Crippen LogP contribution >= 0.6 is 15.9 Å². The quantitative estimate of drug-likeness (QED) is 0.829. The first kappa shape index (κ1) is 15.0. The minimum absolute atomic E-state index is 0.0243. The molecule has 0 aliphatic heterocycles. The van der Waals surface area contributed by atoms with Crippen LogP contribution in [0, 0.1) is 0 Å². The van der Waals surface area contributed by atoms with Crippen molar-refractivity contribution in [1.29, 1.82) is 0 Å². The van der Waals surface area contributed by atoms with Crippen LogP contribution < -0.4 is 4.74 Å². The van der Waals surface area contributed by atoms with E-state index >= 15 is 0 Å². The highest BCUT2D eigenvalue weighted by atomic mass is 79.9. The van der Waals surface area contributed by atoms with Crippen molar-refractivity contribution < 1.29 is 9.53 Å². The summed E-state index contributed by atoms with van der Waals surface area (Å²) in [6, 6.07) is 5.67. The number of ether oxygens (including phenoxy) is 1. The average molecular weight is 314 g/mol. The van der Waals surface area contributed by atoms with Crippen molar-refractivity contribution in [2.75, 3.05) is 13.7 Å². The van der Waals surface area contributed by atoms with E-state index in [9.17, 15) is 4.79 Å². The molecule has 3 nitrogen and oxygen atoms in total. The summed E-state index contributed by atoms with van der Waals surface area (Å²) in [7, 11) is 1.58. The van der Waals surface area contributed by atoms with Crippen LogP contribution in [0.5, 0.6) is 5.75 Å². The van der Waals surface area contributed by atoms with E-state index in [1.807, 2.05) is 30.9 Å². The Morgan fingerprint density at radius 2 is 2.11 bits per heavy atom. The molecule has 1 aromatic carbocycles. The van der Waals surface area contributed by atoms with Crippen molar-refractivity contribution in [3.8, 4) is 5.75 Å². The molecular weight excluding hydrogens is 294 g/mol. The Balaban J connectivity index is 3.08. The van der Waals surface area contributed by atoms with Crippen molar-refractivity contribution in [1.82, 2.24) is 4.90 Å². The molecule has 0 unspecified atom stereocenters. The zero-order valence-corrected chi connectivity index (χ0v) is 13.0. The topological polar surface area (TPSA) is 29.5 Å². The van der Waals surface area contributed by atoms with Gasteiger partial charge in [-0.05, 0) is 38.5 Å². The third kappa shape index (κ3) is 3.48. The zero-order chi connectivity index (χ0) is 13.7. The molecule has 4 heteroatoms. The second kappa shape index (κ2) is 6.78. The molecule has 0 aliphatic rings. The third-order valence-electron chi connectivity index (χ3n) is 2.74.